The van der Waals surface area contributed by atoms with Crippen molar-refractivity contribution >= 4 is 17.3 Å². The van der Waals surface area contributed by atoms with Gasteiger partial charge in [-0.15, -0.1) is 11.3 Å². The van der Waals surface area contributed by atoms with Crippen LogP contribution in [0.2, 0.25) is 0 Å². The summed E-state index contributed by atoms with van der Waals surface area (Å²) in [5.74, 6) is -0.972. The molecule has 0 amide bonds. The van der Waals surface area contributed by atoms with Gasteiger partial charge < -0.3 is 5.11 Å². The van der Waals surface area contributed by atoms with Crippen LogP contribution in [0.25, 0.3) is 10.4 Å². The molecule has 4 heteroatoms. The van der Waals surface area contributed by atoms with Crippen molar-refractivity contribution in [3.8, 4) is 10.4 Å². The maximum atomic E-state index is 11.3. The van der Waals surface area contributed by atoms with Gasteiger partial charge >= 0.3 is 5.97 Å². The number of carbonyl (C=O) groups is 1. The molecule has 1 aromatic heterocycles. The van der Waals surface area contributed by atoms with E-state index in [2.05, 4.69) is 4.98 Å². The fourth-order valence-electron chi connectivity index (χ4n) is 1.57. The molecule has 1 heterocycles. The molecule has 1 N–H and O–H groups in total. The Morgan fingerprint density at radius 2 is 1.83 bits per heavy atom. The third-order valence-corrected chi connectivity index (χ3v) is 4.04. The van der Waals surface area contributed by atoms with Gasteiger partial charge in [-0.05, 0) is 5.56 Å². The Morgan fingerprint density at radius 1 is 1.22 bits per heavy atom. The molecule has 2 aromatic rings. The fraction of sp³-hybridized carbons (Fsp3) is 0.286. The van der Waals surface area contributed by atoms with E-state index in [4.69, 9.17) is 0 Å². The summed E-state index contributed by atoms with van der Waals surface area (Å²) in [5, 5.41) is 10.1. The number of carboxylic acids is 1. The highest BCUT2D eigenvalue weighted by Gasteiger charge is 2.25. The summed E-state index contributed by atoms with van der Waals surface area (Å²) in [6.07, 6.45) is 0. The number of rotatable bonds is 2. The fourth-order valence-corrected chi connectivity index (χ4v) is 2.69. The van der Waals surface area contributed by atoms with Crippen LogP contribution in [0.1, 0.15) is 36.3 Å². The Labute approximate surface area is 110 Å². The van der Waals surface area contributed by atoms with Crippen LogP contribution >= 0.6 is 11.3 Å². The van der Waals surface area contributed by atoms with Crippen LogP contribution in [-0.4, -0.2) is 16.1 Å². The van der Waals surface area contributed by atoms with E-state index in [0.717, 1.165) is 15.4 Å². The van der Waals surface area contributed by atoms with Gasteiger partial charge in [-0.2, -0.15) is 0 Å². The number of benzene rings is 1. The molecular formula is C14H15NO2S. The summed E-state index contributed by atoms with van der Waals surface area (Å²) in [4.78, 5) is 16.3. The van der Waals surface area contributed by atoms with Crippen molar-refractivity contribution in [3.63, 3.8) is 0 Å². The van der Waals surface area contributed by atoms with Crippen LogP contribution in [-0.2, 0) is 5.41 Å². The van der Waals surface area contributed by atoms with Crippen LogP contribution < -0.4 is 0 Å². The van der Waals surface area contributed by atoms with Gasteiger partial charge in [-0.1, -0.05) is 51.1 Å². The van der Waals surface area contributed by atoms with E-state index < -0.39 is 5.97 Å². The van der Waals surface area contributed by atoms with Crippen LogP contribution in [0.15, 0.2) is 30.3 Å². The van der Waals surface area contributed by atoms with Gasteiger partial charge in [0.2, 0.25) is 0 Å². The van der Waals surface area contributed by atoms with Crippen molar-refractivity contribution < 1.29 is 9.90 Å². The Bertz CT molecular complexity index is 567. The monoisotopic (exact) mass is 261 g/mol. The molecule has 0 unspecified atom stereocenters. The molecule has 0 aliphatic heterocycles. The van der Waals surface area contributed by atoms with Crippen LogP contribution in [0.5, 0.6) is 0 Å². The first-order valence-corrected chi connectivity index (χ1v) is 6.51. The van der Waals surface area contributed by atoms with Crippen molar-refractivity contribution in [1.29, 1.82) is 0 Å². The first-order chi connectivity index (χ1) is 8.39. The highest BCUT2D eigenvalue weighted by Crippen LogP contribution is 2.35. The zero-order chi connectivity index (χ0) is 13.3. The molecule has 0 bridgehead atoms. The average Bonchev–Trinajstić information content (AvgIpc) is 2.74. The molecule has 0 saturated heterocycles. The van der Waals surface area contributed by atoms with Crippen LogP contribution in [0.3, 0.4) is 0 Å². The molecule has 0 aliphatic carbocycles. The van der Waals surface area contributed by atoms with Gasteiger partial charge in [-0.3, -0.25) is 0 Å². The summed E-state index contributed by atoms with van der Waals surface area (Å²) < 4.78 is 0. The molecule has 94 valence electrons. The number of aromatic nitrogens is 1. The normalized spacial score (nSPS) is 11.5. The van der Waals surface area contributed by atoms with E-state index in [0.29, 0.717) is 0 Å². The highest BCUT2D eigenvalue weighted by molar-refractivity contribution is 7.15. The van der Waals surface area contributed by atoms with Gasteiger partial charge in [0, 0.05) is 5.41 Å². The number of nitrogens with zero attached hydrogens (tertiary/aromatic N) is 1. The van der Waals surface area contributed by atoms with E-state index in [1.807, 2.05) is 51.1 Å². The minimum atomic E-state index is -0.972. The predicted molar refractivity (Wildman–Crippen MR) is 73.2 cm³/mol. The Morgan fingerprint density at radius 3 is 2.33 bits per heavy atom. The van der Waals surface area contributed by atoms with Gasteiger partial charge in [0.05, 0.1) is 9.88 Å². The minimum absolute atomic E-state index is 0.137. The van der Waals surface area contributed by atoms with Gasteiger partial charge in [-0.25, -0.2) is 9.78 Å². The SMILES string of the molecule is CC(C)(C)c1nc(C(=O)O)c(-c2ccccc2)s1. The molecule has 2 rings (SSSR count). The van der Waals surface area contributed by atoms with E-state index in [9.17, 15) is 9.90 Å². The highest BCUT2D eigenvalue weighted by atomic mass is 32.1. The maximum Gasteiger partial charge on any atom is 0.356 e. The minimum Gasteiger partial charge on any atom is -0.476 e. The Kier molecular flexibility index (Phi) is 3.22. The number of hydrogen-bond donors (Lipinski definition) is 1. The number of carboxylic acid groups (broad SMARTS) is 1. The Balaban J connectivity index is 2.60. The summed E-state index contributed by atoms with van der Waals surface area (Å²) >= 11 is 1.46. The third kappa shape index (κ3) is 2.43. The number of aromatic carboxylic acids is 1. The van der Waals surface area contributed by atoms with Crippen LogP contribution in [0.4, 0.5) is 0 Å². The number of thiazole rings is 1. The maximum absolute atomic E-state index is 11.3. The van der Waals surface area contributed by atoms with Gasteiger partial charge in [0.15, 0.2) is 5.69 Å². The lowest BCUT2D eigenvalue weighted by molar-refractivity contribution is 0.0692. The third-order valence-electron chi connectivity index (χ3n) is 2.51. The summed E-state index contributed by atoms with van der Waals surface area (Å²) in [5.41, 5.74) is 0.918. The van der Waals surface area contributed by atoms with E-state index >= 15 is 0 Å². The first-order valence-electron chi connectivity index (χ1n) is 5.69. The smallest absolute Gasteiger partial charge is 0.356 e. The van der Waals surface area contributed by atoms with Crippen molar-refractivity contribution in [2.75, 3.05) is 0 Å². The average molecular weight is 261 g/mol. The zero-order valence-corrected chi connectivity index (χ0v) is 11.4. The number of hydrogen-bond acceptors (Lipinski definition) is 3. The lowest BCUT2D eigenvalue weighted by Gasteiger charge is -2.13. The molecule has 18 heavy (non-hydrogen) atoms. The van der Waals surface area contributed by atoms with E-state index in [1.165, 1.54) is 11.3 Å². The molecule has 0 atom stereocenters. The summed E-state index contributed by atoms with van der Waals surface area (Å²) in [6, 6.07) is 9.53. The quantitative estimate of drug-likeness (QED) is 0.894. The van der Waals surface area contributed by atoms with E-state index in [1.54, 1.807) is 0 Å². The van der Waals surface area contributed by atoms with Crippen molar-refractivity contribution in [2.24, 2.45) is 0 Å². The molecular weight excluding hydrogens is 246 g/mol. The lowest BCUT2D eigenvalue weighted by atomic mass is 9.98. The summed E-state index contributed by atoms with van der Waals surface area (Å²) in [6.45, 7) is 6.10. The lowest BCUT2D eigenvalue weighted by Crippen LogP contribution is -2.11. The standard InChI is InChI=1S/C14H15NO2S/c1-14(2,3)13-15-10(12(16)17)11(18-13)9-7-5-4-6-8-9/h4-8H,1-3H3,(H,16,17). The first kappa shape index (κ1) is 12.8. The molecule has 0 radical (unpaired) electrons. The second-order valence-corrected chi connectivity index (χ2v) is 6.12. The molecule has 0 fully saturated rings. The van der Waals surface area contributed by atoms with E-state index in [-0.39, 0.29) is 11.1 Å². The second-order valence-electron chi connectivity index (χ2n) is 5.12. The molecule has 0 spiro atoms. The van der Waals surface area contributed by atoms with Crippen molar-refractivity contribution in [2.45, 2.75) is 26.2 Å². The predicted octanol–water partition coefficient (Wildman–Crippen LogP) is 3.81. The summed E-state index contributed by atoms with van der Waals surface area (Å²) in [7, 11) is 0. The van der Waals surface area contributed by atoms with Gasteiger partial charge in [0.25, 0.3) is 0 Å². The topological polar surface area (TPSA) is 50.2 Å². The largest absolute Gasteiger partial charge is 0.476 e. The van der Waals surface area contributed by atoms with Crippen molar-refractivity contribution in [3.05, 3.63) is 41.0 Å². The molecule has 3 nitrogen and oxygen atoms in total. The Hall–Kier alpha value is -1.68. The zero-order valence-electron chi connectivity index (χ0n) is 10.6. The van der Waals surface area contributed by atoms with Gasteiger partial charge in [0.1, 0.15) is 0 Å². The molecule has 0 saturated carbocycles. The second kappa shape index (κ2) is 4.53. The van der Waals surface area contributed by atoms with Crippen molar-refractivity contribution in [1.82, 2.24) is 4.98 Å². The van der Waals surface area contributed by atoms with Crippen LogP contribution in [0, 0.1) is 0 Å². The molecule has 0 aliphatic rings. The molecule has 1 aromatic carbocycles.